The van der Waals surface area contributed by atoms with Crippen molar-refractivity contribution < 1.29 is 9.90 Å². The van der Waals surface area contributed by atoms with Gasteiger partial charge in [-0.15, -0.1) is 0 Å². The molecule has 3 aliphatic carbocycles. The van der Waals surface area contributed by atoms with Crippen LogP contribution in [0.1, 0.15) is 50.3 Å². The third-order valence-corrected chi connectivity index (χ3v) is 6.28. The molecule has 138 valence electrons. The number of nitrogens with zero attached hydrogens (tertiary/aromatic N) is 3. The molecule has 25 heavy (non-hydrogen) atoms. The maximum absolute atomic E-state index is 12.6. The average molecular weight is 348 g/mol. The molecule has 7 nitrogen and oxygen atoms in total. The van der Waals surface area contributed by atoms with Crippen LogP contribution < -0.4 is 11.0 Å². The van der Waals surface area contributed by atoms with Gasteiger partial charge in [0, 0.05) is 38.4 Å². The van der Waals surface area contributed by atoms with E-state index in [1.54, 1.807) is 18.7 Å². The second kappa shape index (κ2) is 6.27. The number of carbonyl (C=O) groups excluding carboxylic acids is 1. The normalized spacial score (nSPS) is 29.4. The van der Waals surface area contributed by atoms with Crippen molar-refractivity contribution in [2.45, 2.75) is 50.5 Å². The van der Waals surface area contributed by atoms with E-state index in [0.29, 0.717) is 24.8 Å². The molecule has 0 radical (unpaired) electrons. The second-order valence-corrected chi connectivity index (χ2v) is 8.26. The molecule has 0 unspecified atom stereocenters. The van der Waals surface area contributed by atoms with Gasteiger partial charge in [0.25, 0.3) is 0 Å². The number of amides is 1. The van der Waals surface area contributed by atoms with Crippen molar-refractivity contribution in [3.63, 3.8) is 0 Å². The molecule has 1 amide bonds. The zero-order chi connectivity index (χ0) is 17.7. The molecule has 7 heteroatoms. The number of aliphatic hydroxyl groups excluding tert-OH is 1. The summed E-state index contributed by atoms with van der Waals surface area (Å²) in [5, 5.41) is 17.8. The SMILES string of the molecule is Cn1nc([C@H]2C[C@H](CNC(=O)C(C3CC3)C3CC3)[C@H](O)C2)n(C)c1=O. The Bertz CT molecular complexity index is 704. The zero-order valence-electron chi connectivity index (χ0n) is 15.0. The monoisotopic (exact) mass is 348 g/mol. The van der Waals surface area contributed by atoms with Gasteiger partial charge in [0.15, 0.2) is 0 Å². The lowest BCUT2D eigenvalue weighted by atomic mass is 9.96. The topological polar surface area (TPSA) is 89.2 Å². The van der Waals surface area contributed by atoms with Crippen LogP contribution in [0.2, 0.25) is 0 Å². The maximum atomic E-state index is 12.6. The molecule has 0 bridgehead atoms. The van der Waals surface area contributed by atoms with Crippen molar-refractivity contribution in [1.29, 1.82) is 0 Å². The van der Waals surface area contributed by atoms with E-state index in [1.807, 2.05) is 0 Å². The van der Waals surface area contributed by atoms with Crippen LogP contribution in [0.25, 0.3) is 0 Å². The van der Waals surface area contributed by atoms with E-state index in [-0.39, 0.29) is 29.4 Å². The summed E-state index contributed by atoms with van der Waals surface area (Å²) in [6.07, 6.45) is 5.66. The molecule has 1 aromatic rings. The van der Waals surface area contributed by atoms with Gasteiger partial charge in [0.2, 0.25) is 5.91 Å². The van der Waals surface area contributed by atoms with Crippen molar-refractivity contribution in [3.8, 4) is 0 Å². The van der Waals surface area contributed by atoms with Crippen LogP contribution in [0, 0.1) is 23.7 Å². The van der Waals surface area contributed by atoms with Gasteiger partial charge < -0.3 is 10.4 Å². The van der Waals surface area contributed by atoms with Crippen molar-refractivity contribution in [1.82, 2.24) is 19.7 Å². The summed E-state index contributed by atoms with van der Waals surface area (Å²) >= 11 is 0. The smallest absolute Gasteiger partial charge is 0.345 e. The lowest BCUT2D eigenvalue weighted by molar-refractivity contribution is -0.126. The maximum Gasteiger partial charge on any atom is 0.345 e. The molecule has 1 heterocycles. The van der Waals surface area contributed by atoms with Crippen LogP contribution in [0.3, 0.4) is 0 Å². The summed E-state index contributed by atoms with van der Waals surface area (Å²) in [7, 11) is 3.37. The van der Waals surface area contributed by atoms with Crippen molar-refractivity contribution >= 4 is 5.91 Å². The fourth-order valence-corrected chi connectivity index (χ4v) is 4.54. The van der Waals surface area contributed by atoms with Gasteiger partial charge in [0.1, 0.15) is 5.82 Å². The molecule has 3 saturated carbocycles. The number of hydrogen-bond acceptors (Lipinski definition) is 4. The van der Waals surface area contributed by atoms with Crippen LogP contribution in [0.15, 0.2) is 4.79 Å². The number of hydrogen-bond donors (Lipinski definition) is 2. The fraction of sp³-hybridized carbons (Fsp3) is 0.833. The fourth-order valence-electron chi connectivity index (χ4n) is 4.54. The van der Waals surface area contributed by atoms with Crippen LogP contribution in [0.5, 0.6) is 0 Å². The lowest BCUT2D eigenvalue weighted by Gasteiger charge is -2.19. The van der Waals surface area contributed by atoms with Gasteiger partial charge >= 0.3 is 5.69 Å². The van der Waals surface area contributed by atoms with Crippen molar-refractivity contribution in [2.75, 3.05) is 6.54 Å². The highest BCUT2D eigenvalue weighted by atomic mass is 16.3. The summed E-state index contributed by atoms with van der Waals surface area (Å²) < 4.78 is 2.90. The highest BCUT2D eigenvalue weighted by Crippen LogP contribution is 2.49. The minimum absolute atomic E-state index is 0.0325. The molecule has 0 aliphatic heterocycles. The minimum atomic E-state index is -0.456. The van der Waals surface area contributed by atoms with Gasteiger partial charge in [0.05, 0.1) is 6.10 Å². The van der Waals surface area contributed by atoms with Gasteiger partial charge in [-0.2, -0.15) is 5.10 Å². The third-order valence-electron chi connectivity index (χ3n) is 6.28. The van der Waals surface area contributed by atoms with Gasteiger partial charge in [-0.3, -0.25) is 9.36 Å². The Kier molecular flexibility index (Phi) is 4.22. The highest BCUT2D eigenvalue weighted by molar-refractivity contribution is 5.80. The van der Waals surface area contributed by atoms with Crippen LogP contribution in [0.4, 0.5) is 0 Å². The van der Waals surface area contributed by atoms with Crippen LogP contribution in [-0.4, -0.2) is 38.0 Å². The summed E-state index contributed by atoms with van der Waals surface area (Å²) in [6.45, 7) is 0.521. The van der Waals surface area contributed by atoms with Crippen molar-refractivity contribution in [2.24, 2.45) is 37.8 Å². The Labute approximate surface area is 147 Å². The zero-order valence-corrected chi connectivity index (χ0v) is 15.0. The first-order valence-corrected chi connectivity index (χ1v) is 9.51. The molecular weight excluding hydrogens is 320 g/mol. The summed E-state index contributed by atoms with van der Waals surface area (Å²) in [5.74, 6) is 2.41. The predicted molar refractivity (Wildman–Crippen MR) is 91.9 cm³/mol. The Morgan fingerprint density at radius 2 is 1.88 bits per heavy atom. The number of aliphatic hydroxyl groups is 1. The Morgan fingerprint density at radius 1 is 1.24 bits per heavy atom. The Balaban J connectivity index is 1.36. The van der Waals surface area contributed by atoms with E-state index in [2.05, 4.69) is 10.4 Å². The molecule has 0 saturated heterocycles. The molecule has 2 N–H and O–H groups in total. The van der Waals surface area contributed by atoms with Crippen molar-refractivity contribution in [3.05, 3.63) is 16.3 Å². The average Bonchev–Trinajstić information content (AvgIpc) is 3.50. The predicted octanol–water partition coefficient (Wildman–Crippen LogP) is 0.526. The molecule has 0 spiro atoms. The van der Waals surface area contributed by atoms with E-state index in [0.717, 1.165) is 12.2 Å². The first kappa shape index (κ1) is 16.8. The van der Waals surface area contributed by atoms with Gasteiger partial charge in [-0.1, -0.05) is 0 Å². The molecular formula is C18H28N4O3. The highest BCUT2D eigenvalue weighted by Gasteiger charge is 2.46. The molecule has 1 aromatic heterocycles. The third kappa shape index (κ3) is 3.26. The number of aryl methyl sites for hydroxylation is 1. The van der Waals surface area contributed by atoms with E-state index < -0.39 is 6.10 Å². The number of nitrogens with one attached hydrogen (secondary N) is 1. The molecule has 0 aromatic carbocycles. The summed E-state index contributed by atoms with van der Waals surface area (Å²) in [6, 6.07) is 0. The minimum Gasteiger partial charge on any atom is -0.393 e. The number of aromatic nitrogens is 3. The number of rotatable bonds is 6. The lowest BCUT2D eigenvalue weighted by Crippen LogP contribution is -2.38. The first-order valence-electron chi connectivity index (χ1n) is 9.51. The van der Waals surface area contributed by atoms with Crippen LogP contribution in [-0.2, 0) is 18.9 Å². The molecule has 3 fully saturated rings. The Hall–Kier alpha value is -1.63. The van der Waals surface area contributed by atoms with E-state index in [9.17, 15) is 14.7 Å². The van der Waals surface area contributed by atoms with E-state index >= 15 is 0 Å². The van der Waals surface area contributed by atoms with E-state index in [1.165, 1.54) is 30.4 Å². The quantitative estimate of drug-likeness (QED) is 0.785. The second-order valence-electron chi connectivity index (χ2n) is 8.26. The Morgan fingerprint density at radius 3 is 2.40 bits per heavy atom. The summed E-state index contributed by atoms with van der Waals surface area (Å²) in [4.78, 5) is 24.5. The molecule has 3 atom stereocenters. The molecule has 4 rings (SSSR count). The first-order chi connectivity index (χ1) is 12.0. The van der Waals surface area contributed by atoms with Crippen LogP contribution >= 0.6 is 0 Å². The molecule has 3 aliphatic rings. The largest absolute Gasteiger partial charge is 0.393 e. The number of carbonyl (C=O) groups is 1. The van der Waals surface area contributed by atoms with Gasteiger partial charge in [-0.25, -0.2) is 9.48 Å². The summed E-state index contributed by atoms with van der Waals surface area (Å²) in [5.41, 5.74) is -0.141. The standard InChI is InChI=1S/C18H28N4O3/c1-21-16(20-22(2)18(21)25)12-7-13(14(23)8-12)9-19-17(24)15(10-3-4-10)11-5-6-11/h10-15,23H,3-9H2,1-2H3,(H,19,24)/t12-,13+,14+/m0/s1. The van der Waals surface area contributed by atoms with Gasteiger partial charge in [-0.05, 0) is 50.4 Å². The van der Waals surface area contributed by atoms with E-state index in [4.69, 9.17) is 0 Å².